The Morgan fingerprint density at radius 3 is 2.67 bits per heavy atom. The minimum atomic E-state index is -1.03. The maximum absolute atomic E-state index is 13.3. The van der Waals surface area contributed by atoms with Crippen molar-refractivity contribution in [2.24, 2.45) is 0 Å². The lowest BCUT2D eigenvalue weighted by Gasteiger charge is -2.34. The van der Waals surface area contributed by atoms with Crippen LogP contribution in [0.5, 0.6) is 5.75 Å². The standard InChI is InChI=1S/C21H30N2O4/c1-26-19-12-17-6-4-5-16(17)11-18(19)20(24)23-9-10-27-15-21(25,14-23)13-22-7-2-3-8-22/h11-12,25H,2-10,13-15H2,1H3/t21-/m1/s1. The van der Waals surface area contributed by atoms with Crippen molar-refractivity contribution in [2.75, 3.05) is 53.0 Å². The van der Waals surface area contributed by atoms with E-state index in [9.17, 15) is 9.90 Å². The molecule has 27 heavy (non-hydrogen) atoms. The number of fused-ring (bicyclic) bond motifs is 1. The zero-order chi connectivity index (χ0) is 18.9. The van der Waals surface area contributed by atoms with Gasteiger partial charge < -0.3 is 24.4 Å². The minimum Gasteiger partial charge on any atom is -0.496 e. The van der Waals surface area contributed by atoms with Gasteiger partial charge in [-0.25, -0.2) is 0 Å². The summed E-state index contributed by atoms with van der Waals surface area (Å²) in [5, 5.41) is 11.2. The van der Waals surface area contributed by atoms with Gasteiger partial charge in [-0.1, -0.05) is 0 Å². The molecule has 1 aliphatic carbocycles. The number of carbonyl (C=O) groups is 1. The summed E-state index contributed by atoms with van der Waals surface area (Å²) in [6, 6.07) is 4.01. The van der Waals surface area contributed by atoms with E-state index >= 15 is 0 Å². The summed E-state index contributed by atoms with van der Waals surface area (Å²) in [5.74, 6) is 0.556. The molecule has 0 unspecified atom stereocenters. The molecule has 6 heteroatoms. The molecule has 0 spiro atoms. The summed E-state index contributed by atoms with van der Waals surface area (Å²) >= 11 is 0. The fraction of sp³-hybridized carbons (Fsp3) is 0.667. The van der Waals surface area contributed by atoms with Crippen molar-refractivity contribution < 1.29 is 19.4 Å². The fourth-order valence-corrected chi connectivity index (χ4v) is 4.65. The number of aliphatic hydroxyl groups is 1. The Labute approximate surface area is 161 Å². The molecule has 0 saturated carbocycles. The Hall–Kier alpha value is -1.63. The third-order valence-corrected chi connectivity index (χ3v) is 6.01. The van der Waals surface area contributed by atoms with E-state index in [2.05, 4.69) is 4.90 Å². The lowest BCUT2D eigenvalue weighted by Crippen LogP contribution is -2.53. The molecule has 1 aromatic rings. The van der Waals surface area contributed by atoms with Gasteiger partial charge in [-0.2, -0.15) is 0 Å². The topological polar surface area (TPSA) is 62.2 Å². The van der Waals surface area contributed by atoms with E-state index in [0.29, 0.717) is 37.6 Å². The predicted octanol–water partition coefficient (Wildman–Crippen LogP) is 1.48. The number of methoxy groups -OCH3 is 1. The molecule has 0 aromatic heterocycles. The van der Waals surface area contributed by atoms with Crippen LogP contribution in [0.3, 0.4) is 0 Å². The summed E-state index contributed by atoms with van der Waals surface area (Å²) in [5.41, 5.74) is 2.11. The Morgan fingerprint density at radius 1 is 1.19 bits per heavy atom. The van der Waals surface area contributed by atoms with Crippen molar-refractivity contribution in [3.05, 3.63) is 28.8 Å². The number of carbonyl (C=O) groups excluding carboxylic acids is 1. The Morgan fingerprint density at radius 2 is 1.93 bits per heavy atom. The number of nitrogens with zero attached hydrogens (tertiary/aromatic N) is 2. The number of likely N-dealkylation sites (tertiary alicyclic amines) is 1. The number of hydrogen-bond acceptors (Lipinski definition) is 5. The zero-order valence-corrected chi connectivity index (χ0v) is 16.2. The highest BCUT2D eigenvalue weighted by atomic mass is 16.5. The number of amides is 1. The molecule has 2 saturated heterocycles. The lowest BCUT2D eigenvalue weighted by atomic mass is 10.0. The number of benzene rings is 1. The number of hydrogen-bond donors (Lipinski definition) is 1. The van der Waals surface area contributed by atoms with Gasteiger partial charge in [-0.05, 0) is 68.5 Å². The average Bonchev–Trinajstić information content (AvgIpc) is 3.29. The molecule has 2 fully saturated rings. The quantitative estimate of drug-likeness (QED) is 0.865. The van der Waals surface area contributed by atoms with Gasteiger partial charge >= 0.3 is 0 Å². The van der Waals surface area contributed by atoms with Crippen LogP contribution in [0.4, 0.5) is 0 Å². The molecule has 3 aliphatic rings. The van der Waals surface area contributed by atoms with Gasteiger partial charge in [-0.15, -0.1) is 0 Å². The zero-order valence-electron chi connectivity index (χ0n) is 16.2. The third-order valence-electron chi connectivity index (χ3n) is 6.01. The Kier molecular flexibility index (Phi) is 5.39. The molecule has 148 valence electrons. The fourth-order valence-electron chi connectivity index (χ4n) is 4.65. The Bertz CT molecular complexity index is 702. The highest BCUT2D eigenvalue weighted by molar-refractivity contribution is 5.97. The molecule has 0 radical (unpaired) electrons. The van der Waals surface area contributed by atoms with Gasteiger partial charge in [0.1, 0.15) is 11.4 Å². The normalized spacial score (nSPS) is 26.1. The van der Waals surface area contributed by atoms with E-state index in [-0.39, 0.29) is 12.5 Å². The minimum absolute atomic E-state index is 0.0769. The van der Waals surface area contributed by atoms with Crippen molar-refractivity contribution in [3.63, 3.8) is 0 Å². The van der Waals surface area contributed by atoms with Crippen molar-refractivity contribution in [2.45, 2.75) is 37.7 Å². The van der Waals surface area contributed by atoms with Crippen LogP contribution >= 0.6 is 0 Å². The van der Waals surface area contributed by atoms with Gasteiger partial charge in [0.15, 0.2) is 0 Å². The summed E-state index contributed by atoms with van der Waals surface area (Å²) in [4.78, 5) is 17.3. The first-order valence-electron chi connectivity index (χ1n) is 10.1. The molecule has 2 heterocycles. The van der Waals surface area contributed by atoms with Crippen LogP contribution in [0.25, 0.3) is 0 Å². The SMILES string of the molecule is COc1cc2c(cc1C(=O)N1CCOC[C@@](O)(CN3CCCC3)C1)CCC2. The van der Waals surface area contributed by atoms with E-state index in [1.165, 1.54) is 24.0 Å². The largest absolute Gasteiger partial charge is 0.496 e. The van der Waals surface area contributed by atoms with Crippen LogP contribution in [-0.2, 0) is 17.6 Å². The van der Waals surface area contributed by atoms with E-state index in [1.807, 2.05) is 12.1 Å². The van der Waals surface area contributed by atoms with E-state index in [1.54, 1.807) is 12.0 Å². The molecule has 1 atom stereocenters. The van der Waals surface area contributed by atoms with Crippen LogP contribution in [0.1, 0.15) is 40.7 Å². The van der Waals surface area contributed by atoms with E-state index < -0.39 is 5.60 Å². The first-order chi connectivity index (χ1) is 13.1. The van der Waals surface area contributed by atoms with Crippen LogP contribution in [0.2, 0.25) is 0 Å². The second kappa shape index (κ2) is 7.78. The highest BCUT2D eigenvalue weighted by Gasteiger charge is 2.37. The molecular formula is C21H30N2O4. The number of β-amino-alcohol motifs (C(OH)–C–C–N with tert-alkyl or cyclic N) is 1. The highest BCUT2D eigenvalue weighted by Crippen LogP contribution is 2.31. The van der Waals surface area contributed by atoms with Gasteiger partial charge in [-0.3, -0.25) is 4.79 Å². The molecule has 1 aromatic carbocycles. The van der Waals surface area contributed by atoms with Crippen LogP contribution in [-0.4, -0.2) is 79.5 Å². The number of ether oxygens (including phenoxy) is 2. The maximum Gasteiger partial charge on any atom is 0.257 e. The molecule has 4 rings (SSSR count). The summed E-state index contributed by atoms with van der Waals surface area (Å²) in [7, 11) is 1.61. The van der Waals surface area contributed by atoms with Crippen LogP contribution < -0.4 is 4.74 Å². The first-order valence-corrected chi connectivity index (χ1v) is 10.1. The van der Waals surface area contributed by atoms with Gasteiger partial charge in [0.2, 0.25) is 0 Å². The van der Waals surface area contributed by atoms with Gasteiger partial charge in [0.05, 0.1) is 32.4 Å². The van der Waals surface area contributed by atoms with Gasteiger partial charge in [0.25, 0.3) is 5.91 Å². The second-order valence-corrected chi connectivity index (χ2v) is 8.16. The molecule has 2 aliphatic heterocycles. The lowest BCUT2D eigenvalue weighted by molar-refractivity contribution is -0.0524. The maximum atomic E-state index is 13.3. The number of aryl methyl sites for hydroxylation is 2. The summed E-state index contributed by atoms with van der Waals surface area (Å²) in [6.45, 7) is 4.07. The average molecular weight is 374 g/mol. The smallest absolute Gasteiger partial charge is 0.257 e. The van der Waals surface area contributed by atoms with Gasteiger partial charge in [0, 0.05) is 13.1 Å². The molecule has 0 bridgehead atoms. The molecule has 1 amide bonds. The summed E-state index contributed by atoms with van der Waals surface area (Å²) < 4.78 is 11.2. The van der Waals surface area contributed by atoms with Crippen molar-refractivity contribution in [1.82, 2.24) is 9.80 Å². The van der Waals surface area contributed by atoms with E-state index in [0.717, 1.165) is 32.4 Å². The first kappa shape index (κ1) is 18.7. The van der Waals surface area contributed by atoms with Crippen molar-refractivity contribution in [3.8, 4) is 5.75 Å². The Balaban J connectivity index is 1.55. The van der Waals surface area contributed by atoms with Crippen molar-refractivity contribution in [1.29, 1.82) is 0 Å². The predicted molar refractivity (Wildman–Crippen MR) is 102 cm³/mol. The molecule has 6 nitrogen and oxygen atoms in total. The van der Waals surface area contributed by atoms with Crippen LogP contribution in [0.15, 0.2) is 12.1 Å². The number of rotatable bonds is 4. The molecule has 1 N–H and O–H groups in total. The van der Waals surface area contributed by atoms with Crippen molar-refractivity contribution >= 4 is 5.91 Å². The summed E-state index contributed by atoms with van der Waals surface area (Å²) in [6.07, 6.45) is 5.54. The second-order valence-electron chi connectivity index (χ2n) is 8.16. The van der Waals surface area contributed by atoms with E-state index in [4.69, 9.17) is 9.47 Å². The molecular weight excluding hydrogens is 344 g/mol. The van der Waals surface area contributed by atoms with Crippen LogP contribution in [0, 0.1) is 0 Å². The monoisotopic (exact) mass is 374 g/mol. The third kappa shape index (κ3) is 3.98.